The first-order valence-corrected chi connectivity index (χ1v) is 7.39. The molecule has 130 valence electrons. The first-order chi connectivity index (χ1) is 11.6. The molecule has 0 saturated heterocycles. The molecular weight excluding hydrogens is 353 g/mol. The Morgan fingerprint density at radius 1 is 1.12 bits per heavy atom. The zero-order valence-electron chi connectivity index (χ0n) is 13.2. The van der Waals surface area contributed by atoms with Crippen LogP contribution in [0.25, 0.3) is 11.1 Å². The summed E-state index contributed by atoms with van der Waals surface area (Å²) in [5.41, 5.74) is -0.0334. The number of amides is 2. The third-order valence-electron chi connectivity index (χ3n) is 3.59. The van der Waals surface area contributed by atoms with E-state index in [0.29, 0.717) is 0 Å². The molecule has 0 unspecified atom stereocenters. The number of ketones is 1. The molecular formula is C17H13ClFNO5. The summed E-state index contributed by atoms with van der Waals surface area (Å²) in [6.45, 7) is 2.64. The minimum atomic E-state index is -1.77. The summed E-state index contributed by atoms with van der Waals surface area (Å²) in [6.07, 6.45) is -3.55. The zero-order valence-corrected chi connectivity index (χ0v) is 14.0. The van der Waals surface area contributed by atoms with E-state index < -0.39 is 23.8 Å². The van der Waals surface area contributed by atoms with Gasteiger partial charge in [-0.1, -0.05) is 23.7 Å². The van der Waals surface area contributed by atoms with Gasteiger partial charge in [-0.05, 0) is 43.2 Å². The molecule has 8 heteroatoms. The summed E-state index contributed by atoms with van der Waals surface area (Å²) in [7, 11) is 0. The van der Waals surface area contributed by atoms with E-state index >= 15 is 0 Å². The molecule has 2 N–H and O–H groups in total. The SMILES string of the molecule is CC(=O)c1cc(Cl)c(C)c(N(C(=O)O)C(=O)O)c1-c1cccc(F)c1. The summed E-state index contributed by atoms with van der Waals surface area (Å²) in [5, 5.41) is 18.6. The second kappa shape index (κ2) is 6.90. The number of hydrogen-bond acceptors (Lipinski definition) is 3. The summed E-state index contributed by atoms with van der Waals surface area (Å²) in [4.78, 5) is 35.1. The number of carbonyl (C=O) groups is 3. The van der Waals surface area contributed by atoms with Gasteiger partial charge >= 0.3 is 12.2 Å². The van der Waals surface area contributed by atoms with Gasteiger partial charge in [0.25, 0.3) is 0 Å². The number of anilines is 1. The maximum atomic E-state index is 13.7. The standard InChI is InChI=1S/C17H13ClFNO5/c1-8-13(18)7-12(9(2)21)14(10-4-3-5-11(19)6-10)15(8)20(16(22)23)17(24)25/h3-7H,1-2H3,(H,22,23)(H,24,25). The first-order valence-electron chi connectivity index (χ1n) is 7.01. The Balaban J connectivity index is 3.01. The molecule has 0 heterocycles. The highest BCUT2D eigenvalue weighted by Crippen LogP contribution is 2.41. The van der Waals surface area contributed by atoms with Crippen molar-refractivity contribution in [2.75, 3.05) is 4.90 Å². The van der Waals surface area contributed by atoms with E-state index in [1.165, 1.54) is 38.1 Å². The number of benzene rings is 2. The van der Waals surface area contributed by atoms with E-state index in [1.54, 1.807) is 0 Å². The molecule has 0 bridgehead atoms. The van der Waals surface area contributed by atoms with Crippen molar-refractivity contribution in [2.24, 2.45) is 0 Å². The lowest BCUT2D eigenvalue weighted by molar-refractivity contribution is 0.101. The van der Waals surface area contributed by atoms with E-state index in [2.05, 4.69) is 0 Å². The molecule has 0 radical (unpaired) electrons. The highest BCUT2D eigenvalue weighted by molar-refractivity contribution is 6.33. The second-order valence-electron chi connectivity index (χ2n) is 5.22. The topological polar surface area (TPSA) is 94.9 Å². The summed E-state index contributed by atoms with van der Waals surface area (Å²) >= 11 is 6.07. The van der Waals surface area contributed by atoms with Crippen LogP contribution < -0.4 is 4.90 Å². The van der Waals surface area contributed by atoms with E-state index in [9.17, 15) is 29.0 Å². The monoisotopic (exact) mass is 365 g/mol. The molecule has 0 saturated carbocycles. The fraction of sp³-hybridized carbons (Fsp3) is 0.118. The third kappa shape index (κ3) is 3.46. The Bertz CT molecular complexity index is 883. The van der Waals surface area contributed by atoms with E-state index in [1.807, 2.05) is 0 Å². The molecule has 0 aliphatic carbocycles. The Hall–Kier alpha value is -2.93. The lowest BCUT2D eigenvalue weighted by atomic mass is 9.92. The Morgan fingerprint density at radius 2 is 1.72 bits per heavy atom. The Morgan fingerprint density at radius 3 is 2.20 bits per heavy atom. The summed E-state index contributed by atoms with van der Waals surface area (Å²) < 4.78 is 13.7. The Kier molecular flexibility index (Phi) is 5.08. The third-order valence-corrected chi connectivity index (χ3v) is 3.98. The van der Waals surface area contributed by atoms with Crippen molar-refractivity contribution in [3.63, 3.8) is 0 Å². The van der Waals surface area contributed by atoms with Crippen LogP contribution in [0.5, 0.6) is 0 Å². The number of nitrogens with zero attached hydrogens (tertiary/aromatic N) is 1. The maximum Gasteiger partial charge on any atom is 0.421 e. The van der Waals surface area contributed by atoms with Crippen molar-refractivity contribution >= 4 is 35.3 Å². The average molecular weight is 366 g/mol. The lowest BCUT2D eigenvalue weighted by Gasteiger charge is -2.23. The first kappa shape index (κ1) is 18.4. The number of halogens is 2. The van der Waals surface area contributed by atoms with Crippen molar-refractivity contribution in [3.8, 4) is 11.1 Å². The largest absolute Gasteiger partial charge is 0.464 e. The number of carbonyl (C=O) groups excluding carboxylic acids is 1. The molecule has 0 atom stereocenters. The molecule has 2 aromatic carbocycles. The lowest BCUT2D eigenvalue weighted by Crippen LogP contribution is -2.35. The molecule has 2 amide bonds. The van der Waals surface area contributed by atoms with Gasteiger partial charge in [0, 0.05) is 16.1 Å². The fourth-order valence-electron chi connectivity index (χ4n) is 2.50. The average Bonchev–Trinajstić information content (AvgIpc) is 2.50. The van der Waals surface area contributed by atoms with Gasteiger partial charge in [-0.3, -0.25) is 4.79 Å². The van der Waals surface area contributed by atoms with E-state index in [0.717, 1.165) is 6.07 Å². The van der Waals surface area contributed by atoms with Crippen molar-refractivity contribution in [1.29, 1.82) is 0 Å². The summed E-state index contributed by atoms with van der Waals surface area (Å²) in [5.74, 6) is -1.10. The van der Waals surface area contributed by atoms with Gasteiger partial charge in [0.05, 0.1) is 5.69 Å². The molecule has 2 rings (SSSR count). The van der Waals surface area contributed by atoms with Gasteiger partial charge in [-0.15, -0.1) is 0 Å². The van der Waals surface area contributed by atoms with Crippen molar-refractivity contribution in [1.82, 2.24) is 0 Å². The van der Waals surface area contributed by atoms with Gasteiger partial charge in [-0.2, -0.15) is 4.90 Å². The van der Waals surface area contributed by atoms with Gasteiger partial charge in [0.1, 0.15) is 5.82 Å². The number of Topliss-reactive ketones (excluding diaryl/α,β-unsaturated/α-hetero) is 1. The minimum absolute atomic E-state index is 0.0105. The molecule has 0 aliphatic heterocycles. The molecule has 25 heavy (non-hydrogen) atoms. The van der Waals surface area contributed by atoms with E-state index in [-0.39, 0.29) is 37.9 Å². The van der Waals surface area contributed by atoms with Gasteiger partial charge < -0.3 is 10.2 Å². The van der Waals surface area contributed by atoms with Crippen LogP contribution in [0.1, 0.15) is 22.8 Å². The molecule has 0 aromatic heterocycles. The Labute approximate surface area is 147 Å². The van der Waals surface area contributed by atoms with Crippen LogP contribution in [0.4, 0.5) is 19.7 Å². The smallest absolute Gasteiger partial charge is 0.421 e. The number of hydrogen-bond donors (Lipinski definition) is 2. The molecule has 0 aliphatic rings. The van der Waals surface area contributed by atoms with Crippen LogP contribution in [-0.2, 0) is 0 Å². The quantitative estimate of drug-likeness (QED) is 0.760. The predicted octanol–water partition coefficient (Wildman–Crippen LogP) is 4.82. The highest BCUT2D eigenvalue weighted by atomic mass is 35.5. The van der Waals surface area contributed by atoms with Crippen LogP contribution in [0.2, 0.25) is 5.02 Å². The fourth-order valence-corrected chi connectivity index (χ4v) is 2.70. The van der Waals surface area contributed by atoms with Gasteiger partial charge in [0.15, 0.2) is 5.78 Å². The number of imide groups is 1. The molecule has 0 fully saturated rings. The summed E-state index contributed by atoms with van der Waals surface area (Å²) in [6, 6.07) is 6.38. The predicted molar refractivity (Wildman–Crippen MR) is 90.1 cm³/mol. The van der Waals surface area contributed by atoms with Gasteiger partial charge in [0.2, 0.25) is 0 Å². The van der Waals surface area contributed by atoms with Crippen molar-refractivity contribution in [3.05, 3.63) is 52.3 Å². The molecule has 0 spiro atoms. The maximum absolute atomic E-state index is 13.7. The second-order valence-corrected chi connectivity index (χ2v) is 5.63. The van der Waals surface area contributed by atoms with Crippen LogP contribution >= 0.6 is 11.6 Å². The highest BCUT2D eigenvalue weighted by Gasteiger charge is 2.30. The zero-order chi connectivity index (χ0) is 18.9. The van der Waals surface area contributed by atoms with Crippen molar-refractivity contribution < 1.29 is 29.0 Å². The molecule has 2 aromatic rings. The van der Waals surface area contributed by atoms with E-state index in [4.69, 9.17) is 11.6 Å². The normalized spacial score (nSPS) is 10.4. The van der Waals surface area contributed by atoms with Crippen LogP contribution in [0.15, 0.2) is 30.3 Å². The van der Waals surface area contributed by atoms with Crippen LogP contribution in [0, 0.1) is 12.7 Å². The number of rotatable bonds is 3. The number of carboxylic acid groups (broad SMARTS) is 2. The molecule has 6 nitrogen and oxygen atoms in total. The minimum Gasteiger partial charge on any atom is -0.464 e. The van der Waals surface area contributed by atoms with Gasteiger partial charge in [-0.25, -0.2) is 14.0 Å². The van der Waals surface area contributed by atoms with Crippen molar-refractivity contribution in [2.45, 2.75) is 13.8 Å². The van der Waals surface area contributed by atoms with Crippen LogP contribution in [0.3, 0.4) is 0 Å². The van der Waals surface area contributed by atoms with Crippen LogP contribution in [-0.4, -0.2) is 28.2 Å².